The number of aliphatic imine (C=N–C) groups is 2. The number of aromatic nitrogens is 1. The lowest BCUT2D eigenvalue weighted by Crippen LogP contribution is -2.37. The molecule has 0 N–H and O–H groups in total. The van der Waals surface area contributed by atoms with Crippen LogP contribution in [0, 0.1) is 6.92 Å². The van der Waals surface area contributed by atoms with Gasteiger partial charge in [0.25, 0.3) is 0 Å². The molecule has 0 saturated heterocycles. The number of benzene rings is 2. The van der Waals surface area contributed by atoms with Crippen molar-refractivity contribution in [1.82, 2.24) is 9.88 Å². The molecular weight excluding hydrogens is 376 g/mol. The molecule has 2 aromatic carbocycles. The Balaban J connectivity index is 1.60. The van der Waals surface area contributed by atoms with Crippen LogP contribution in [0.3, 0.4) is 0 Å². The largest absolute Gasteiger partial charge is 0.308 e. The highest BCUT2D eigenvalue weighted by atomic mass is 32.1. The zero-order valence-electron chi connectivity index (χ0n) is 16.0. The fourth-order valence-electron chi connectivity index (χ4n) is 4.10. The Labute approximate surface area is 172 Å². The standard InChI is InChI=1S/C24H18N4S/c1-15-14-18(16-8-4-2-5-9-16)26-24-19(15)20-21(29-24)23-25-12-13-28(23)22(27-20)17-10-6-3-7-11-17/h2-11,14H,12-13H2,1H3. The smallest absolute Gasteiger partial charge is 0.149 e. The minimum Gasteiger partial charge on any atom is -0.308 e. The van der Waals surface area contributed by atoms with Crippen LogP contribution in [0.15, 0.2) is 76.7 Å². The second-order valence-electron chi connectivity index (χ2n) is 7.31. The number of aryl methyl sites for hydroxylation is 1. The topological polar surface area (TPSA) is 40.9 Å². The predicted octanol–water partition coefficient (Wildman–Crippen LogP) is 5.43. The quantitative estimate of drug-likeness (QED) is 0.455. The molecule has 6 rings (SSSR count). The predicted molar refractivity (Wildman–Crippen MR) is 121 cm³/mol. The zero-order chi connectivity index (χ0) is 19.4. The van der Waals surface area contributed by atoms with Gasteiger partial charge in [0.1, 0.15) is 16.5 Å². The van der Waals surface area contributed by atoms with Crippen LogP contribution in [0.5, 0.6) is 0 Å². The molecule has 4 heterocycles. The van der Waals surface area contributed by atoms with Crippen molar-refractivity contribution in [2.75, 3.05) is 13.1 Å². The molecule has 2 aliphatic heterocycles. The number of nitrogens with zero attached hydrogens (tertiary/aromatic N) is 4. The number of amidine groups is 2. The summed E-state index contributed by atoms with van der Waals surface area (Å²) in [4.78, 5) is 19.4. The summed E-state index contributed by atoms with van der Waals surface area (Å²) in [5.74, 6) is 2.03. The van der Waals surface area contributed by atoms with Crippen molar-refractivity contribution in [1.29, 1.82) is 0 Å². The van der Waals surface area contributed by atoms with Crippen LogP contribution >= 0.6 is 11.3 Å². The minimum atomic E-state index is 0.802. The van der Waals surface area contributed by atoms with Crippen molar-refractivity contribution < 1.29 is 0 Å². The molecule has 0 atom stereocenters. The summed E-state index contributed by atoms with van der Waals surface area (Å²) in [7, 11) is 0. The first-order valence-corrected chi connectivity index (χ1v) is 10.6. The van der Waals surface area contributed by atoms with Crippen LogP contribution in [0.1, 0.15) is 16.0 Å². The molecule has 5 heteroatoms. The zero-order valence-corrected chi connectivity index (χ0v) is 16.8. The van der Waals surface area contributed by atoms with Gasteiger partial charge in [0.2, 0.25) is 0 Å². The van der Waals surface area contributed by atoms with Gasteiger partial charge in [-0.25, -0.2) is 9.98 Å². The van der Waals surface area contributed by atoms with Crippen LogP contribution in [-0.4, -0.2) is 34.6 Å². The Bertz CT molecular complexity index is 1300. The van der Waals surface area contributed by atoms with Gasteiger partial charge >= 0.3 is 0 Å². The van der Waals surface area contributed by atoms with Gasteiger partial charge in [0, 0.05) is 23.1 Å². The molecule has 0 saturated carbocycles. The molecule has 0 aliphatic carbocycles. The Morgan fingerprint density at radius 1 is 0.897 bits per heavy atom. The number of fused-ring (bicyclic) bond motifs is 5. The van der Waals surface area contributed by atoms with E-state index < -0.39 is 0 Å². The first-order chi connectivity index (χ1) is 14.3. The molecule has 4 aromatic rings. The van der Waals surface area contributed by atoms with Gasteiger partial charge in [-0.05, 0) is 18.6 Å². The minimum absolute atomic E-state index is 0.802. The lowest BCUT2D eigenvalue weighted by molar-refractivity contribution is 0.664. The number of rotatable bonds is 2. The molecule has 0 bridgehead atoms. The van der Waals surface area contributed by atoms with Gasteiger partial charge in [0.05, 0.1) is 22.8 Å². The Kier molecular flexibility index (Phi) is 3.64. The Morgan fingerprint density at radius 3 is 2.38 bits per heavy atom. The summed E-state index contributed by atoms with van der Waals surface area (Å²) >= 11 is 1.71. The molecule has 2 aromatic heterocycles. The average molecular weight is 395 g/mol. The molecule has 0 amide bonds. The van der Waals surface area contributed by atoms with Gasteiger partial charge < -0.3 is 4.90 Å². The second-order valence-corrected chi connectivity index (χ2v) is 8.31. The normalized spacial score (nSPS) is 15.1. The summed E-state index contributed by atoms with van der Waals surface area (Å²) in [5.41, 5.74) is 5.49. The van der Waals surface area contributed by atoms with E-state index in [1.54, 1.807) is 11.3 Å². The van der Waals surface area contributed by atoms with E-state index in [-0.39, 0.29) is 0 Å². The highest BCUT2D eigenvalue weighted by Crippen LogP contribution is 2.44. The van der Waals surface area contributed by atoms with Crippen LogP contribution in [0.4, 0.5) is 5.69 Å². The van der Waals surface area contributed by atoms with Crippen LogP contribution in [0.2, 0.25) is 0 Å². The van der Waals surface area contributed by atoms with E-state index in [4.69, 9.17) is 15.0 Å². The van der Waals surface area contributed by atoms with Crippen molar-refractivity contribution >= 4 is 38.9 Å². The molecule has 2 aliphatic rings. The van der Waals surface area contributed by atoms with Crippen molar-refractivity contribution in [3.63, 3.8) is 0 Å². The number of hydrogen-bond donors (Lipinski definition) is 0. The highest BCUT2D eigenvalue weighted by molar-refractivity contribution is 7.21. The first kappa shape index (κ1) is 16.6. The maximum atomic E-state index is 5.14. The van der Waals surface area contributed by atoms with E-state index in [2.05, 4.69) is 66.4 Å². The van der Waals surface area contributed by atoms with Crippen LogP contribution in [0.25, 0.3) is 21.5 Å². The molecule has 4 nitrogen and oxygen atoms in total. The van der Waals surface area contributed by atoms with E-state index in [1.165, 1.54) is 5.56 Å². The molecule has 0 spiro atoms. The fraction of sp³-hybridized carbons (Fsp3) is 0.125. The SMILES string of the molecule is Cc1cc(-c2ccccc2)nc2sc3c(c12)N=C(c1ccccc1)N1CCN=C31. The van der Waals surface area contributed by atoms with E-state index in [0.717, 1.165) is 62.4 Å². The van der Waals surface area contributed by atoms with Gasteiger partial charge in [-0.2, -0.15) is 0 Å². The average Bonchev–Trinajstić information content (AvgIpc) is 3.39. The number of thiophene rings is 1. The van der Waals surface area contributed by atoms with Gasteiger partial charge in [-0.1, -0.05) is 60.7 Å². The third kappa shape index (κ3) is 2.54. The summed E-state index contributed by atoms with van der Waals surface area (Å²) in [6, 6.07) is 22.9. The summed E-state index contributed by atoms with van der Waals surface area (Å²) in [6.45, 7) is 3.83. The van der Waals surface area contributed by atoms with Crippen molar-refractivity contribution in [3.05, 3.63) is 82.7 Å². The van der Waals surface area contributed by atoms with E-state index in [9.17, 15) is 0 Å². The second kappa shape index (κ2) is 6.36. The van der Waals surface area contributed by atoms with Crippen LogP contribution in [-0.2, 0) is 0 Å². The van der Waals surface area contributed by atoms with Gasteiger partial charge in [-0.15, -0.1) is 11.3 Å². The summed E-state index contributed by atoms with van der Waals surface area (Å²) in [5, 5.41) is 1.15. The van der Waals surface area contributed by atoms with E-state index >= 15 is 0 Å². The monoisotopic (exact) mass is 394 g/mol. The molecule has 0 fully saturated rings. The van der Waals surface area contributed by atoms with Crippen molar-refractivity contribution in [3.8, 4) is 11.3 Å². The van der Waals surface area contributed by atoms with Crippen molar-refractivity contribution in [2.24, 2.45) is 9.98 Å². The van der Waals surface area contributed by atoms with Crippen LogP contribution < -0.4 is 0 Å². The van der Waals surface area contributed by atoms with E-state index in [0.29, 0.717) is 0 Å². The number of hydrogen-bond acceptors (Lipinski definition) is 5. The summed E-state index contributed by atoms with van der Waals surface area (Å²) in [6.07, 6.45) is 0. The molecule has 0 unspecified atom stereocenters. The third-order valence-electron chi connectivity index (χ3n) is 5.45. The molecule has 0 radical (unpaired) electrons. The van der Waals surface area contributed by atoms with E-state index in [1.807, 2.05) is 12.1 Å². The third-order valence-corrected chi connectivity index (χ3v) is 6.52. The molecule has 29 heavy (non-hydrogen) atoms. The van der Waals surface area contributed by atoms with Crippen molar-refractivity contribution in [2.45, 2.75) is 6.92 Å². The van der Waals surface area contributed by atoms with Gasteiger partial charge in [0.15, 0.2) is 0 Å². The Morgan fingerprint density at radius 2 is 1.62 bits per heavy atom. The maximum Gasteiger partial charge on any atom is 0.149 e. The molecular formula is C24H18N4S. The Hall–Kier alpha value is -3.31. The number of pyridine rings is 1. The lowest BCUT2D eigenvalue weighted by atomic mass is 10.1. The summed E-state index contributed by atoms with van der Waals surface area (Å²) < 4.78 is 0. The van der Waals surface area contributed by atoms with Gasteiger partial charge in [-0.3, -0.25) is 4.99 Å². The highest BCUT2D eigenvalue weighted by Gasteiger charge is 2.33. The molecule has 140 valence electrons. The fourth-order valence-corrected chi connectivity index (χ4v) is 5.31. The lowest BCUT2D eigenvalue weighted by Gasteiger charge is -2.26. The maximum absolute atomic E-state index is 5.14. The first-order valence-electron chi connectivity index (χ1n) is 9.75.